The van der Waals surface area contributed by atoms with E-state index in [0.29, 0.717) is 12.5 Å². The number of hydrogen-bond acceptors (Lipinski definition) is 2. The summed E-state index contributed by atoms with van der Waals surface area (Å²) in [4.78, 5) is 0. The topological polar surface area (TPSA) is 21.3 Å². The molecule has 0 amide bonds. The summed E-state index contributed by atoms with van der Waals surface area (Å²) >= 11 is 3.34. The van der Waals surface area contributed by atoms with Gasteiger partial charge in [0.1, 0.15) is 5.75 Å². The summed E-state index contributed by atoms with van der Waals surface area (Å²) in [7, 11) is 0. The summed E-state index contributed by atoms with van der Waals surface area (Å²) < 4.78 is 30.1. The van der Waals surface area contributed by atoms with Crippen molar-refractivity contribution in [3.8, 4) is 5.75 Å². The first kappa shape index (κ1) is 17.4. The molecule has 0 bridgehead atoms. The number of halogens is 3. The molecule has 114 valence electrons. The van der Waals surface area contributed by atoms with Crippen LogP contribution in [0.5, 0.6) is 5.75 Å². The van der Waals surface area contributed by atoms with Gasteiger partial charge in [-0.05, 0) is 36.1 Å². The summed E-state index contributed by atoms with van der Waals surface area (Å²) in [5.41, 5.74) is 0.938. The minimum Gasteiger partial charge on any atom is -0.434 e. The zero-order valence-corrected chi connectivity index (χ0v) is 13.9. The largest absolute Gasteiger partial charge is 0.434 e. The second-order valence-electron chi connectivity index (χ2n) is 6.03. The van der Waals surface area contributed by atoms with Crippen molar-refractivity contribution in [1.82, 2.24) is 5.32 Å². The molecule has 1 unspecified atom stereocenters. The standard InChI is InChI=1S/C15H22BrF2NO/c1-10(15(2,3)4)8-19-9-11-7-12(16)5-6-13(11)20-14(17)18/h5-7,10,14,19H,8-9H2,1-4H3. The molecular formula is C15H22BrF2NO. The van der Waals surface area contributed by atoms with Gasteiger partial charge in [-0.1, -0.05) is 43.6 Å². The Hall–Kier alpha value is -0.680. The molecular weight excluding hydrogens is 328 g/mol. The maximum atomic E-state index is 12.4. The summed E-state index contributed by atoms with van der Waals surface area (Å²) in [5.74, 6) is 0.702. The minimum absolute atomic E-state index is 0.215. The lowest BCUT2D eigenvalue weighted by atomic mass is 9.82. The smallest absolute Gasteiger partial charge is 0.387 e. The molecule has 0 spiro atoms. The Morgan fingerprint density at radius 3 is 2.50 bits per heavy atom. The highest BCUT2D eigenvalue weighted by molar-refractivity contribution is 9.10. The van der Waals surface area contributed by atoms with E-state index in [9.17, 15) is 8.78 Å². The van der Waals surface area contributed by atoms with Gasteiger partial charge in [-0.25, -0.2) is 0 Å². The number of benzene rings is 1. The third-order valence-corrected chi connectivity index (χ3v) is 3.98. The van der Waals surface area contributed by atoms with Gasteiger partial charge < -0.3 is 10.1 Å². The maximum absolute atomic E-state index is 12.4. The van der Waals surface area contributed by atoms with Gasteiger partial charge in [-0.2, -0.15) is 8.78 Å². The van der Waals surface area contributed by atoms with Gasteiger partial charge in [0.15, 0.2) is 0 Å². The molecule has 0 aromatic heterocycles. The van der Waals surface area contributed by atoms with Crippen LogP contribution in [0.3, 0.4) is 0 Å². The van der Waals surface area contributed by atoms with Crippen molar-refractivity contribution >= 4 is 15.9 Å². The highest BCUT2D eigenvalue weighted by Crippen LogP contribution is 2.26. The zero-order valence-electron chi connectivity index (χ0n) is 12.3. The lowest BCUT2D eigenvalue weighted by Gasteiger charge is -2.27. The molecule has 2 nitrogen and oxygen atoms in total. The van der Waals surface area contributed by atoms with Crippen molar-refractivity contribution in [3.05, 3.63) is 28.2 Å². The lowest BCUT2D eigenvalue weighted by molar-refractivity contribution is -0.0505. The van der Waals surface area contributed by atoms with E-state index in [1.807, 2.05) is 0 Å². The number of rotatable bonds is 6. The lowest BCUT2D eigenvalue weighted by Crippen LogP contribution is -2.29. The molecule has 0 aliphatic heterocycles. The molecule has 0 fully saturated rings. The Bertz CT molecular complexity index is 432. The number of alkyl halides is 2. The average Bonchev–Trinajstić information content (AvgIpc) is 2.30. The van der Waals surface area contributed by atoms with E-state index >= 15 is 0 Å². The third kappa shape index (κ3) is 5.75. The third-order valence-electron chi connectivity index (χ3n) is 3.48. The summed E-state index contributed by atoms with van der Waals surface area (Å²) in [6.07, 6.45) is 0. The fourth-order valence-electron chi connectivity index (χ4n) is 1.63. The van der Waals surface area contributed by atoms with Crippen LogP contribution in [-0.2, 0) is 6.54 Å². The van der Waals surface area contributed by atoms with Gasteiger partial charge in [-0.15, -0.1) is 0 Å². The summed E-state index contributed by atoms with van der Waals surface area (Å²) in [5, 5.41) is 3.30. The van der Waals surface area contributed by atoms with Crippen LogP contribution < -0.4 is 10.1 Å². The molecule has 1 N–H and O–H groups in total. The first-order valence-corrected chi connectivity index (χ1v) is 7.43. The second-order valence-corrected chi connectivity index (χ2v) is 6.94. The zero-order chi connectivity index (χ0) is 15.3. The molecule has 1 rings (SSSR count). The van der Waals surface area contributed by atoms with Crippen LogP contribution in [-0.4, -0.2) is 13.2 Å². The summed E-state index contributed by atoms with van der Waals surface area (Å²) in [6.45, 7) is 7.25. The first-order chi connectivity index (χ1) is 9.20. The van der Waals surface area contributed by atoms with Crippen LogP contribution in [0, 0.1) is 11.3 Å². The SMILES string of the molecule is CC(CNCc1cc(Br)ccc1OC(F)F)C(C)(C)C. The van der Waals surface area contributed by atoms with Gasteiger partial charge in [0.05, 0.1) is 0 Å². The molecule has 0 radical (unpaired) electrons. The van der Waals surface area contributed by atoms with Crippen molar-refractivity contribution in [3.63, 3.8) is 0 Å². The maximum Gasteiger partial charge on any atom is 0.387 e. The predicted molar refractivity (Wildman–Crippen MR) is 81.1 cm³/mol. The van der Waals surface area contributed by atoms with E-state index in [1.165, 1.54) is 0 Å². The van der Waals surface area contributed by atoms with Crippen LogP contribution >= 0.6 is 15.9 Å². The molecule has 1 aromatic carbocycles. The highest BCUT2D eigenvalue weighted by Gasteiger charge is 2.19. The van der Waals surface area contributed by atoms with E-state index < -0.39 is 6.61 Å². The van der Waals surface area contributed by atoms with Crippen LogP contribution in [0.4, 0.5) is 8.78 Å². The first-order valence-electron chi connectivity index (χ1n) is 6.64. The molecule has 0 aliphatic carbocycles. The number of nitrogens with one attached hydrogen (secondary N) is 1. The monoisotopic (exact) mass is 349 g/mol. The van der Waals surface area contributed by atoms with Crippen LogP contribution in [0.25, 0.3) is 0 Å². The van der Waals surface area contributed by atoms with Crippen LogP contribution in [0.1, 0.15) is 33.3 Å². The Morgan fingerprint density at radius 2 is 1.95 bits per heavy atom. The van der Waals surface area contributed by atoms with Gasteiger partial charge in [-0.3, -0.25) is 0 Å². The van der Waals surface area contributed by atoms with Crippen molar-refractivity contribution in [1.29, 1.82) is 0 Å². The second kappa shape index (κ2) is 7.36. The fraction of sp³-hybridized carbons (Fsp3) is 0.600. The van der Waals surface area contributed by atoms with Crippen LogP contribution in [0.2, 0.25) is 0 Å². The van der Waals surface area contributed by atoms with Gasteiger partial charge in [0, 0.05) is 16.6 Å². The Labute approximate surface area is 128 Å². The van der Waals surface area contributed by atoms with Crippen molar-refractivity contribution in [2.24, 2.45) is 11.3 Å². The van der Waals surface area contributed by atoms with Crippen LogP contribution in [0.15, 0.2) is 22.7 Å². The molecule has 0 saturated carbocycles. The molecule has 0 aliphatic rings. The van der Waals surface area contributed by atoms with E-state index in [0.717, 1.165) is 16.6 Å². The number of ether oxygens (including phenoxy) is 1. The average molecular weight is 350 g/mol. The van der Waals surface area contributed by atoms with E-state index in [-0.39, 0.29) is 11.2 Å². The quantitative estimate of drug-likeness (QED) is 0.794. The fourth-order valence-corrected chi connectivity index (χ4v) is 2.04. The van der Waals surface area contributed by atoms with Gasteiger partial charge >= 0.3 is 6.61 Å². The normalized spacial score (nSPS) is 13.6. The molecule has 5 heteroatoms. The van der Waals surface area contributed by atoms with E-state index in [4.69, 9.17) is 0 Å². The van der Waals surface area contributed by atoms with Crippen molar-refractivity contribution in [2.45, 2.75) is 40.9 Å². The highest BCUT2D eigenvalue weighted by atomic mass is 79.9. The Balaban J connectivity index is 2.64. The molecule has 0 saturated heterocycles. The van der Waals surface area contributed by atoms with Gasteiger partial charge in [0.2, 0.25) is 0 Å². The predicted octanol–water partition coefficient (Wildman–Crippen LogP) is 4.82. The Kier molecular flexibility index (Phi) is 6.40. The van der Waals surface area contributed by atoms with Crippen molar-refractivity contribution in [2.75, 3.05) is 6.54 Å². The van der Waals surface area contributed by atoms with Crippen molar-refractivity contribution < 1.29 is 13.5 Å². The van der Waals surface area contributed by atoms with E-state index in [1.54, 1.807) is 18.2 Å². The molecule has 1 atom stereocenters. The van der Waals surface area contributed by atoms with Gasteiger partial charge in [0.25, 0.3) is 0 Å². The minimum atomic E-state index is -2.80. The molecule has 20 heavy (non-hydrogen) atoms. The molecule has 0 heterocycles. The number of hydrogen-bond donors (Lipinski definition) is 1. The summed E-state index contributed by atoms with van der Waals surface area (Å²) in [6, 6.07) is 5.05. The Morgan fingerprint density at radius 1 is 1.30 bits per heavy atom. The molecule has 1 aromatic rings. The van der Waals surface area contributed by atoms with E-state index in [2.05, 4.69) is 53.7 Å².